The van der Waals surface area contributed by atoms with E-state index in [1.165, 1.54) is 11.3 Å². The van der Waals surface area contributed by atoms with Gasteiger partial charge in [-0.25, -0.2) is 9.78 Å². The van der Waals surface area contributed by atoms with Crippen molar-refractivity contribution in [2.24, 2.45) is 4.99 Å². The van der Waals surface area contributed by atoms with E-state index in [-0.39, 0.29) is 6.61 Å². The number of hydrogen-bond acceptors (Lipinski definition) is 5. The third kappa shape index (κ3) is 2.51. The van der Waals surface area contributed by atoms with Crippen molar-refractivity contribution in [3.05, 3.63) is 15.5 Å². The molecule has 1 aromatic rings. The first kappa shape index (κ1) is 11.3. The summed E-state index contributed by atoms with van der Waals surface area (Å²) in [6.07, 6.45) is 1.21. The summed E-state index contributed by atoms with van der Waals surface area (Å²) in [6, 6.07) is 0. The Kier molecular flexibility index (Phi) is 3.40. The highest BCUT2D eigenvalue weighted by molar-refractivity contribution is 7.15. The summed E-state index contributed by atoms with van der Waals surface area (Å²) >= 11 is 7.17. The molecular weight excluding hydrogens is 250 g/mol. The van der Waals surface area contributed by atoms with E-state index >= 15 is 0 Å². The van der Waals surface area contributed by atoms with Crippen molar-refractivity contribution in [3.63, 3.8) is 0 Å². The van der Waals surface area contributed by atoms with Crippen molar-refractivity contribution in [2.45, 2.75) is 13.5 Å². The number of amidine groups is 1. The molecule has 2 heterocycles. The summed E-state index contributed by atoms with van der Waals surface area (Å²) in [7, 11) is 0. The van der Waals surface area contributed by atoms with Crippen LogP contribution >= 0.6 is 22.9 Å². The van der Waals surface area contributed by atoms with E-state index in [1.54, 1.807) is 6.20 Å². The second kappa shape index (κ2) is 4.80. The number of nitrogens with zero attached hydrogens (tertiary/aromatic N) is 3. The van der Waals surface area contributed by atoms with Gasteiger partial charge in [0, 0.05) is 17.6 Å². The highest BCUT2D eigenvalue weighted by atomic mass is 35.5. The maximum absolute atomic E-state index is 10.9. The van der Waals surface area contributed by atoms with E-state index in [4.69, 9.17) is 16.3 Å². The monoisotopic (exact) mass is 259 g/mol. The highest BCUT2D eigenvalue weighted by Crippen LogP contribution is 2.20. The summed E-state index contributed by atoms with van der Waals surface area (Å²) in [4.78, 5) is 21.6. The van der Waals surface area contributed by atoms with Crippen molar-refractivity contribution in [2.75, 3.05) is 13.2 Å². The minimum absolute atomic E-state index is 0.249. The van der Waals surface area contributed by atoms with Gasteiger partial charge in [-0.1, -0.05) is 11.6 Å². The molecule has 1 aliphatic rings. The largest absolute Gasteiger partial charge is 0.440 e. The van der Waals surface area contributed by atoms with E-state index < -0.39 is 6.09 Å². The topological polar surface area (TPSA) is 54.8 Å². The maximum Gasteiger partial charge on any atom is 0.435 e. The molecule has 0 bridgehead atoms. The van der Waals surface area contributed by atoms with Crippen molar-refractivity contribution in [3.8, 4) is 0 Å². The standard InChI is InChI=1S/C9H10ClN3O2S/c1-2-13(7-5-15-9(14)12-7)4-6-3-11-8(10)16-6/h3H,2,4-5H2,1H3. The van der Waals surface area contributed by atoms with Crippen LogP contribution < -0.4 is 0 Å². The van der Waals surface area contributed by atoms with Crippen molar-refractivity contribution in [1.82, 2.24) is 9.88 Å². The Labute approximate surface area is 102 Å². The molecule has 0 unspecified atom stereocenters. The zero-order chi connectivity index (χ0) is 11.5. The molecule has 1 aliphatic heterocycles. The molecule has 0 atom stereocenters. The van der Waals surface area contributed by atoms with Gasteiger partial charge in [0.15, 0.2) is 16.9 Å². The van der Waals surface area contributed by atoms with Crippen LogP contribution in [0.1, 0.15) is 11.8 Å². The Balaban J connectivity index is 2.06. The molecule has 16 heavy (non-hydrogen) atoms. The van der Waals surface area contributed by atoms with Gasteiger partial charge in [0.2, 0.25) is 0 Å². The quantitative estimate of drug-likeness (QED) is 0.835. The SMILES string of the molecule is CCN(Cc1cnc(Cl)s1)C1=NC(=O)OC1. The Morgan fingerprint density at radius 1 is 1.69 bits per heavy atom. The molecule has 0 saturated heterocycles. The average Bonchev–Trinajstić information content (AvgIpc) is 2.84. The van der Waals surface area contributed by atoms with Gasteiger partial charge in [0.05, 0.1) is 6.54 Å². The van der Waals surface area contributed by atoms with Crippen LogP contribution in [0.4, 0.5) is 4.79 Å². The van der Waals surface area contributed by atoms with Crippen LogP contribution in [-0.2, 0) is 11.3 Å². The molecule has 0 aromatic carbocycles. The van der Waals surface area contributed by atoms with Gasteiger partial charge in [-0.05, 0) is 6.92 Å². The number of thiazole rings is 1. The van der Waals surface area contributed by atoms with Crippen LogP contribution in [0.3, 0.4) is 0 Å². The Morgan fingerprint density at radius 2 is 2.50 bits per heavy atom. The van der Waals surface area contributed by atoms with Gasteiger partial charge in [-0.2, -0.15) is 4.99 Å². The fourth-order valence-corrected chi connectivity index (χ4v) is 2.38. The fraction of sp³-hybridized carbons (Fsp3) is 0.444. The lowest BCUT2D eigenvalue weighted by molar-refractivity contribution is 0.179. The zero-order valence-corrected chi connectivity index (χ0v) is 10.2. The molecule has 0 fully saturated rings. The van der Waals surface area contributed by atoms with Crippen LogP contribution in [-0.4, -0.2) is 35.0 Å². The van der Waals surface area contributed by atoms with Crippen LogP contribution in [0.15, 0.2) is 11.2 Å². The molecular formula is C9H10ClN3O2S. The molecule has 0 radical (unpaired) electrons. The van der Waals surface area contributed by atoms with E-state index in [9.17, 15) is 4.79 Å². The highest BCUT2D eigenvalue weighted by Gasteiger charge is 2.20. The lowest BCUT2D eigenvalue weighted by Gasteiger charge is -2.20. The first-order valence-corrected chi connectivity index (χ1v) is 5.98. The van der Waals surface area contributed by atoms with Gasteiger partial charge >= 0.3 is 6.09 Å². The summed E-state index contributed by atoms with van der Waals surface area (Å²) in [6.45, 7) is 3.65. The zero-order valence-electron chi connectivity index (χ0n) is 8.64. The summed E-state index contributed by atoms with van der Waals surface area (Å²) < 4.78 is 5.29. The molecule has 0 aliphatic carbocycles. The number of cyclic esters (lactones) is 1. The van der Waals surface area contributed by atoms with Crippen molar-refractivity contribution < 1.29 is 9.53 Å². The maximum atomic E-state index is 10.9. The number of likely N-dealkylation sites (N-methyl/N-ethyl adjacent to an activating group) is 1. The number of carbonyl (C=O) groups is 1. The van der Waals surface area contributed by atoms with Gasteiger partial charge < -0.3 is 9.64 Å². The number of aliphatic imine (C=N–C) groups is 1. The number of amides is 1. The van der Waals surface area contributed by atoms with Gasteiger partial charge in [-0.15, -0.1) is 11.3 Å². The Morgan fingerprint density at radius 3 is 3.00 bits per heavy atom. The van der Waals surface area contributed by atoms with Gasteiger partial charge in [0.25, 0.3) is 0 Å². The molecule has 1 amide bonds. The molecule has 0 N–H and O–H groups in total. The number of rotatable bonds is 3. The molecule has 2 rings (SSSR count). The normalized spacial score (nSPS) is 14.9. The van der Waals surface area contributed by atoms with E-state index in [1.807, 2.05) is 11.8 Å². The summed E-state index contributed by atoms with van der Waals surface area (Å²) in [5, 5.41) is 0. The minimum Gasteiger partial charge on any atom is -0.440 e. The van der Waals surface area contributed by atoms with Crippen molar-refractivity contribution >= 4 is 34.9 Å². The van der Waals surface area contributed by atoms with Crippen LogP contribution in [0.25, 0.3) is 0 Å². The molecule has 0 saturated carbocycles. The van der Waals surface area contributed by atoms with Crippen LogP contribution in [0.5, 0.6) is 0 Å². The van der Waals surface area contributed by atoms with Crippen LogP contribution in [0.2, 0.25) is 4.47 Å². The lowest BCUT2D eigenvalue weighted by atomic mass is 10.4. The summed E-state index contributed by atoms with van der Waals surface area (Å²) in [5.41, 5.74) is 0. The average molecular weight is 260 g/mol. The fourth-order valence-electron chi connectivity index (χ4n) is 1.39. The number of hydrogen-bond donors (Lipinski definition) is 0. The number of carbonyl (C=O) groups excluding carboxylic acids is 1. The van der Waals surface area contributed by atoms with Crippen LogP contribution in [0, 0.1) is 0 Å². The molecule has 1 aromatic heterocycles. The van der Waals surface area contributed by atoms with E-state index in [0.717, 1.165) is 11.4 Å². The molecule has 0 spiro atoms. The minimum atomic E-state index is -0.518. The first-order chi connectivity index (χ1) is 7.69. The Bertz CT molecular complexity index is 432. The van der Waals surface area contributed by atoms with Gasteiger partial charge in [-0.3, -0.25) is 0 Å². The number of ether oxygens (including phenoxy) is 1. The second-order valence-electron chi connectivity index (χ2n) is 3.18. The lowest BCUT2D eigenvalue weighted by Crippen LogP contribution is -2.30. The smallest absolute Gasteiger partial charge is 0.435 e. The first-order valence-electron chi connectivity index (χ1n) is 4.78. The summed E-state index contributed by atoms with van der Waals surface area (Å²) in [5.74, 6) is 0.664. The number of aromatic nitrogens is 1. The second-order valence-corrected chi connectivity index (χ2v) is 4.87. The Hall–Kier alpha value is -1.14. The third-order valence-corrected chi connectivity index (χ3v) is 3.26. The molecule has 7 heteroatoms. The molecule has 5 nitrogen and oxygen atoms in total. The van der Waals surface area contributed by atoms with E-state index in [2.05, 4.69) is 9.98 Å². The third-order valence-electron chi connectivity index (χ3n) is 2.16. The molecule has 86 valence electrons. The predicted molar refractivity (Wildman–Crippen MR) is 62.0 cm³/mol. The number of halogens is 1. The predicted octanol–water partition coefficient (Wildman–Crippen LogP) is 2.17. The van der Waals surface area contributed by atoms with E-state index in [0.29, 0.717) is 16.8 Å². The van der Waals surface area contributed by atoms with Crippen molar-refractivity contribution in [1.29, 1.82) is 0 Å². The van der Waals surface area contributed by atoms with Gasteiger partial charge in [0.1, 0.15) is 0 Å².